The predicted molar refractivity (Wildman–Crippen MR) is 158 cm³/mol. The van der Waals surface area contributed by atoms with E-state index in [-0.39, 0.29) is 24.5 Å². The van der Waals surface area contributed by atoms with Crippen molar-refractivity contribution in [3.05, 3.63) is 135 Å². The Bertz CT molecular complexity index is 1850. The second-order valence-electron chi connectivity index (χ2n) is 9.12. The molecule has 3 aromatic carbocycles. The maximum atomic E-state index is 13.7. The molecule has 41 heavy (non-hydrogen) atoms. The third kappa shape index (κ3) is 5.91. The molecule has 0 saturated carbocycles. The molecule has 0 fully saturated rings. The number of aromatic nitrogens is 1. The van der Waals surface area contributed by atoms with E-state index in [0.29, 0.717) is 30.8 Å². The largest absolute Gasteiger partial charge is 0.488 e. The van der Waals surface area contributed by atoms with Crippen LogP contribution >= 0.6 is 27.3 Å². The van der Waals surface area contributed by atoms with Gasteiger partial charge < -0.3 is 9.47 Å². The number of benzene rings is 3. The number of hydrogen-bond donors (Lipinski definition) is 0. The number of fused-ring (bicyclic) bond motifs is 1. The molecule has 0 radical (unpaired) electrons. The third-order valence-electron chi connectivity index (χ3n) is 6.43. The Labute approximate surface area is 247 Å². The number of nitro groups is 1. The molecule has 11 heteroatoms. The number of nitrogens with zero attached hydrogens (tertiary/aromatic N) is 3. The maximum absolute atomic E-state index is 13.7. The molecule has 0 saturated heterocycles. The topological polar surface area (TPSA) is 113 Å². The lowest BCUT2D eigenvalue weighted by atomic mass is 9.96. The van der Waals surface area contributed by atoms with Crippen LogP contribution in [0.1, 0.15) is 36.6 Å². The van der Waals surface area contributed by atoms with Crippen molar-refractivity contribution < 1.29 is 19.2 Å². The summed E-state index contributed by atoms with van der Waals surface area (Å²) >= 11 is 4.79. The number of thiazole rings is 1. The van der Waals surface area contributed by atoms with Gasteiger partial charge in [-0.05, 0) is 76.8 Å². The van der Waals surface area contributed by atoms with E-state index in [1.54, 1.807) is 42.7 Å². The third-order valence-corrected chi connectivity index (χ3v) is 8.03. The number of hydrogen-bond acceptors (Lipinski definition) is 8. The average molecular weight is 635 g/mol. The van der Waals surface area contributed by atoms with E-state index in [2.05, 4.69) is 20.9 Å². The van der Waals surface area contributed by atoms with E-state index in [1.165, 1.54) is 23.5 Å². The summed E-state index contributed by atoms with van der Waals surface area (Å²) in [7, 11) is 0. The predicted octanol–water partition coefficient (Wildman–Crippen LogP) is 5.05. The standard InChI is InChI=1S/C30H24BrN3O6S/c1-3-39-29(36)26-18(2)32-30-33(27(26)21-7-5-4-6-8-21)28(35)25(41-30)16-20-11-14-24(23(31)15-20)40-17-19-9-12-22(13-10-19)34(37)38/h4-16,27H,3,17H2,1-2H3/b25-16-/t27-/m0/s1. The second-order valence-corrected chi connectivity index (χ2v) is 11.0. The van der Waals surface area contributed by atoms with Crippen LogP contribution in [0.4, 0.5) is 5.69 Å². The van der Waals surface area contributed by atoms with Crippen molar-refractivity contribution >= 4 is 45.0 Å². The fourth-order valence-electron chi connectivity index (χ4n) is 4.49. The Hall–Kier alpha value is -4.35. The van der Waals surface area contributed by atoms with Crippen LogP contribution in [-0.2, 0) is 16.1 Å². The zero-order valence-electron chi connectivity index (χ0n) is 22.1. The summed E-state index contributed by atoms with van der Waals surface area (Å²) in [4.78, 5) is 42.2. The first kappa shape index (κ1) is 28.2. The Kier molecular flexibility index (Phi) is 8.27. The van der Waals surface area contributed by atoms with E-state index >= 15 is 0 Å². The quantitative estimate of drug-likeness (QED) is 0.152. The molecule has 0 bridgehead atoms. The first-order chi connectivity index (χ1) is 19.8. The number of allylic oxidation sites excluding steroid dienone is 1. The van der Waals surface area contributed by atoms with Crippen molar-refractivity contribution in [1.82, 2.24) is 4.57 Å². The minimum atomic E-state index is -0.657. The lowest BCUT2D eigenvalue weighted by molar-refractivity contribution is -0.384. The van der Waals surface area contributed by atoms with Crippen LogP contribution < -0.4 is 19.6 Å². The normalized spacial score (nSPS) is 14.8. The summed E-state index contributed by atoms with van der Waals surface area (Å²) in [6, 6.07) is 20.4. The highest BCUT2D eigenvalue weighted by Crippen LogP contribution is 2.31. The molecule has 0 unspecified atom stereocenters. The smallest absolute Gasteiger partial charge is 0.338 e. The van der Waals surface area contributed by atoms with Crippen LogP contribution in [0.5, 0.6) is 5.75 Å². The van der Waals surface area contributed by atoms with E-state index in [9.17, 15) is 19.7 Å². The van der Waals surface area contributed by atoms with E-state index < -0.39 is 16.9 Å². The lowest BCUT2D eigenvalue weighted by Gasteiger charge is -2.24. The molecule has 5 rings (SSSR count). The molecule has 2 heterocycles. The van der Waals surface area contributed by atoms with E-state index in [1.807, 2.05) is 42.5 Å². The number of non-ortho nitro benzene ring substituents is 1. The number of esters is 1. The summed E-state index contributed by atoms with van der Waals surface area (Å²) in [5, 5.41) is 10.9. The number of rotatable bonds is 8. The minimum Gasteiger partial charge on any atom is -0.488 e. The van der Waals surface area contributed by atoms with Gasteiger partial charge in [0, 0.05) is 12.1 Å². The van der Waals surface area contributed by atoms with Crippen molar-refractivity contribution in [1.29, 1.82) is 0 Å². The summed E-state index contributed by atoms with van der Waals surface area (Å²) in [5.74, 6) is 0.0888. The van der Waals surface area contributed by atoms with Crippen LogP contribution in [0, 0.1) is 10.1 Å². The first-order valence-electron chi connectivity index (χ1n) is 12.7. The monoisotopic (exact) mass is 633 g/mol. The molecule has 0 aliphatic carbocycles. The van der Waals surface area contributed by atoms with Gasteiger partial charge in [-0.2, -0.15) is 0 Å². The van der Waals surface area contributed by atoms with Gasteiger partial charge in [0.2, 0.25) is 0 Å². The van der Waals surface area contributed by atoms with Gasteiger partial charge in [-0.15, -0.1) is 0 Å². The molecule has 1 aromatic heterocycles. The molecule has 1 aliphatic rings. The summed E-state index contributed by atoms with van der Waals surface area (Å²) in [6.45, 7) is 3.94. The Morgan fingerprint density at radius 3 is 2.54 bits per heavy atom. The highest BCUT2D eigenvalue weighted by Gasteiger charge is 2.33. The molecule has 1 atom stereocenters. The van der Waals surface area contributed by atoms with Gasteiger partial charge in [0.05, 0.1) is 37.8 Å². The van der Waals surface area contributed by atoms with Crippen molar-refractivity contribution in [3.8, 4) is 5.75 Å². The van der Waals surface area contributed by atoms with E-state index in [4.69, 9.17) is 9.47 Å². The van der Waals surface area contributed by atoms with Gasteiger partial charge >= 0.3 is 5.97 Å². The number of nitro benzene ring substituents is 1. The van der Waals surface area contributed by atoms with Gasteiger partial charge in [0.25, 0.3) is 11.2 Å². The number of halogens is 1. The molecule has 0 spiro atoms. The molecule has 208 valence electrons. The Morgan fingerprint density at radius 1 is 1.15 bits per heavy atom. The Balaban J connectivity index is 1.46. The minimum absolute atomic E-state index is 0.0203. The molecule has 0 N–H and O–H groups in total. The molecule has 9 nitrogen and oxygen atoms in total. The molecular formula is C30H24BrN3O6S. The zero-order chi connectivity index (χ0) is 29.1. The molecule has 4 aromatic rings. The summed E-state index contributed by atoms with van der Waals surface area (Å²) < 4.78 is 13.9. The highest BCUT2D eigenvalue weighted by molar-refractivity contribution is 9.10. The SMILES string of the molecule is CCOC(=O)C1=C(C)N=c2s/c(=C\c3ccc(OCc4ccc([N+](=O)[O-])cc4)c(Br)c3)c(=O)n2[C@H]1c1ccccc1. The molecule has 0 amide bonds. The average Bonchev–Trinajstić information content (AvgIpc) is 3.26. The second kappa shape index (κ2) is 12.0. The number of carbonyl (C=O) groups is 1. The van der Waals surface area contributed by atoms with Crippen LogP contribution in [-0.4, -0.2) is 22.1 Å². The number of carbonyl (C=O) groups excluding carboxylic acids is 1. The molecular weight excluding hydrogens is 610 g/mol. The van der Waals surface area contributed by atoms with Crippen LogP contribution in [0.2, 0.25) is 0 Å². The van der Waals surface area contributed by atoms with Crippen molar-refractivity contribution in [2.24, 2.45) is 4.99 Å². The summed E-state index contributed by atoms with van der Waals surface area (Å²) in [5.41, 5.74) is 2.96. The number of ether oxygens (including phenoxy) is 2. The van der Waals surface area contributed by atoms with Crippen molar-refractivity contribution in [2.45, 2.75) is 26.5 Å². The van der Waals surface area contributed by atoms with Crippen LogP contribution in [0.3, 0.4) is 0 Å². The van der Waals surface area contributed by atoms with Gasteiger partial charge in [0.1, 0.15) is 12.4 Å². The highest BCUT2D eigenvalue weighted by atomic mass is 79.9. The lowest BCUT2D eigenvalue weighted by Crippen LogP contribution is -2.39. The van der Waals surface area contributed by atoms with Gasteiger partial charge in [-0.3, -0.25) is 19.5 Å². The van der Waals surface area contributed by atoms with Crippen molar-refractivity contribution in [3.63, 3.8) is 0 Å². The van der Waals surface area contributed by atoms with Crippen LogP contribution in [0.25, 0.3) is 6.08 Å². The zero-order valence-corrected chi connectivity index (χ0v) is 24.5. The first-order valence-corrected chi connectivity index (χ1v) is 14.3. The van der Waals surface area contributed by atoms with Crippen LogP contribution in [0.15, 0.2) is 98.3 Å². The fourth-order valence-corrected chi connectivity index (χ4v) is 6.05. The van der Waals surface area contributed by atoms with Gasteiger partial charge in [-0.25, -0.2) is 9.79 Å². The molecule has 1 aliphatic heterocycles. The van der Waals surface area contributed by atoms with Gasteiger partial charge in [-0.1, -0.05) is 47.7 Å². The Morgan fingerprint density at radius 2 is 1.88 bits per heavy atom. The van der Waals surface area contributed by atoms with Crippen molar-refractivity contribution in [2.75, 3.05) is 6.61 Å². The maximum Gasteiger partial charge on any atom is 0.338 e. The fraction of sp³-hybridized carbons (Fsp3) is 0.167. The van der Waals surface area contributed by atoms with Gasteiger partial charge in [0.15, 0.2) is 4.80 Å². The van der Waals surface area contributed by atoms with E-state index in [0.717, 1.165) is 16.7 Å². The summed E-state index contributed by atoms with van der Waals surface area (Å²) in [6.07, 6.45) is 1.78.